The van der Waals surface area contributed by atoms with Gasteiger partial charge in [0.1, 0.15) is 0 Å². The van der Waals surface area contributed by atoms with Crippen LogP contribution in [-0.2, 0) is 4.74 Å². The average molecular weight is 198 g/mol. The Hall–Kier alpha value is -0.120. The topological polar surface area (TPSA) is 33.3 Å². The van der Waals surface area contributed by atoms with E-state index in [1.807, 2.05) is 0 Å². The molecule has 0 bridgehead atoms. The zero-order valence-electron chi connectivity index (χ0n) is 9.09. The highest BCUT2D eigenvalue weighted by molar-refractivity contribution is 4.83. The lowest BCUT2D eigenvalue weighted by atomic mass is 10.0. The molecule has 2 N–H and O–H groups in total. The van der Waals surface area contributed by atoms with Crippen LogP contribution >= 0.6 is 0 Å². The number of hydrogen-bond acceptors (Lipinski definition) is 3. The molecule has 14 heavy (non-hydrogen) atoms. The van der Waals surface area contributed by atoms with Crippen LogP contribution in [-0.4, -0.2) is 38.9 Å². The number of hydrogen-bond donors (Lipinski definition) is 2. The average Bonchev–Trinajstić information content (AvgIpc) is 2.89. The van der Waals surface area contributed by atoms with Crippen LogP contribution < -0.4 is 10.6 Å². The molecule has 0 aromatic carbocycles. The first-order valence-corrected chi connectivity index (χ1v) is 5.92. The molecule has 3 nitrogen and oxygen atoms in total. The van der Waals surface area contributed by atoms with Gasteiger partial charge in [-0.2, -0.15) is 0 Å². The molecule has 1 aliphatic carbocycles. The third-order valence-corrected chi connectivity index (χ3v) is 3.20. The molecule has 2 fully saturated rings. The van der Waals surface area contributed by atoms with E-state index in [1.165, 1.54) is 19.4 Å². The van der Waals surface area contributed by atoms with E-state index in [1.54, 1.807) is 0 Å². The maximum absolute atomic E-state index is 5.49. The summed E-state index contributed by atoms with van der Waals surface area (Å²) in [7, 11) is 0. The van der Waals surface area contributed by atoms with Crippen molar-refractivity contribution < 1.29 is 4.74 Å². The maximum atomic E-state index is 5.49. The molecule has 2 rings (SSSR count). The molecule has 1 aliphatic heterocycles. The van der Waals surface area contributed by atoms with E-state index in [2.05, 4.69) is 17.6 Å². The summed E-state index contributed by atoms with van der Waals surface area (Å²) in [4.78, 5) is 0. The second-order valence-corrected chi connectivity index (χ2v) is 4.56. The van der Waals surface area contributed by atoms with Crippen LogP contribution in [0, 0.1) is 11.8 Å². The number of nitrogens with one attached hydrogen (secondary N) is 2. The van der Waals surface area contributed by atoms with E-state index in [-0.39, 0.29) is 0 Å². The van der Waals surface area contributed by atoms with Crippen LogP contribution in [0.15, 0.2) is 0 Å². The predicted molar refractivity (Wildman–Crippen MR) is 57.4 cm³/mol. The Morgan fingerprint density at radius 3 is 2.79 bits per heavy atom. The molecule has 0 radical (unpaired) electrons. The van der Waals surface area contributed by atoms with Crippen molar-refractivity contribution in [3.8, 4) is 0 Å². The van der Waals surface area contributed by atoms with Gasteiger partial charge in [0.15, 0.2) is 0 Å². The first kappa shape index (κ1) is 10.4. The molecule has 1 saturated heterocycles. The van der Waals surface area contributed by atoms with Crippen molar-refractivity contribution in [3.63, 3.8) is 0 Å². The molecule has 0 aromatic heterocycles. The van der Waals surface area contributed by atoms with Crippen LogP contribution in [0.1, 0.15) is 19.8 Å². The normalized spacial score (nSPS) is 32.4. The van der Waals surface area contributed by atoms with E-state index < -0.39 is 0 Å². The summed E-state index contributed by atoms with van der Waals surface area (Å²) in [5.74, 6) is 1.66. The van der Waals surface area contributed by atoms with Crippen molar-refractivity contribution >= 4 is 0 Å². The number of likely N-dealkylation sites (N-methyl/N-ethyl adjacent to an activating group) is 1. The van der Waals surface area contributed by atoms with Crippen molar-refractivity contribution in [2.75, 3.05) is 32.8 Å². The second kappa shape index (κ2) is 5.10. The van der Waals surface area contributed by atoms with E-state index in [0.29, 0.717) is 12.0 Å². The van der Waals surface area contributed by atoms with Gasteiger partial charge in [0.2, 0.25) is 0 Å². The summed E-state index contributed by atoms with van der Waals surface area (Å²) >= 11 is 0. The van der Waals surface area contributed by atoms with Crippen molar-refractivity contribution in [1.82, 2.24) is 10.6 Å². The summed E-state index contributed by atoms with van der Waals surface area (Å²) in [6.45, 7) is 7.36. The number of rotatable bonds is 6. The highest BCUT2D eigenvalue weighted by Gasteiger charge is 2.28. The van der Waals surface area contributed by atoms with E-state index in [0.717, 1.165) is 32.2 Å². The van der Waals surface area contributed by atoms with Crippen LogP contribution in [0.25, 0.3) is 0 Å². The van der Waals surface area contributed by atoms with Crippen molar-refractivity contribution in [2.24, 2.45) is 11.8 Å². The summed E-state index contributed by atoms with van der Waals surface area (Å²) < 4.78 is 5.49. The standard InChI is InChI=1S/C11H22N2O/c1-2-13-11-8-14-7-10(11)6-12-5-9-3-4-9/h9-13H,2-8H2,1H3. The van der Waals surface area contributed by atoms with E-state index >= 15 is 0 Å². The van der Waals surface area contributed by atoms with Gasteiger partial charge < -0.3 is 15.4 Å². The molecule has 0 spiro atoms. The molecule has 0 aromatic rings. The monoisotopic (exact) mass is 198 g/mol. The lowest BCUT2D eigenvalue weighted by Gasteiger charge is -2.18. The van der Waals surface area contributed by atoms with Crippen molar-refractivity contribution in [3.05, 3.63) is 0 Å². The van der Waals surface area contributed by atoms with Gasteiger partial charge in [-0.1, -0.05) is 6.92 Å². The molecule has 2 unspecified atom stereocenters. The van der Waals surface area contributed by atoms with Crippen LogP contribution in [0.4, 0.5) is 0 Å². The molecule has 2 aliphatic rings. The minimum Gasteiger partial charge on any atom is -0.379 e. The highest BCUT2D eigenvalue weighted by atomic mass is 16.5. The van der Waals surface area contributed by atoms with Gasteiger partial charge in [-0.05, 0) is 31.8 Å². The second-order valence-electron chi connectivity index (χ2n) is 4.56. The maximum Gasteiger partial charge on any atom is 0.0623 e. The predicted octanol–water partition coefficient (Wildman–Crippen LogP) is 0.610. The fourth-order valence-electron chi connectivity index (χ4n) is 2.08. The Bertz CT molecular complexity index is 171. The zero-order chi connectivity index (χ0) is 9.80. The van der Waals surface area contributed by atoms with Gasteiger partial charge in [-0.25, -0.2) is 0 Å². The molecule has 0 amide bonds. The van der Waals surface area contributed by atoms with Gasteiger partial charge in [0.25, 0.3) is 0 Å². The third kappa shape index (κ3) is 2.94. The first-order valence-electron chi connectivity index (χ1n) is 5.92. The lowest BCUT2D eigenvalue weighted by molar-refractivity contribution is 0.182. The molecule has 2 atom stereocenters. The van der Waals surface area contributed by atoms with E-state index in [9.17, 15) is 0 Å². The van der Waals surface area contributed by atoms with Crippen LogP contribution in [0.2, 0.25) is 0 Å². The van der Waals surface area contributed by atoms with Crippen molar-refractivity contribution in [2.45, 2.75) is 25.8 Å². The van der Waals surface area contributed by atoms with Gasteiger partial charge in [0, 0.05) is 18.5 Å². The zero-order valence-corrected chi connectivity index (χ0v) is 9.09. The summed E-state index contributed by atoms with van der Waals surface area (Å²) in [5, 5.41) is 7.04. The molecule has 3 heteroatoms. The third-order valence-electron chi connectivity index (χ3n) is 3.20. The molecular formula is C11H22N2O. The largest absolute Gasteiger partial charge is 0.379 e. The molecule has 82 valence electrons. The van der Waals surface area contributed by atoms with Crippen LogP contribution in [0.3, 0.4) is 0 Å². The smallest absolute Gasteiger partial charge is 0.0623 e. The SMILES string of the molecule is CCNC1COCC1CNCC1CC1. The Kier molecular flexibility index (Phi) is 3.79. The fraction of sp³-hybridized carbons (Fsp3) is 1.00. The Morgan fingerprint density at radius 2 is 2.07 bits per heavy atom. The van der Waals surface area contributed by atoms with Crippen LogP contribution in [0.5, 0.6) is 0 Å². The quantitative estimate of drug-likeness (QED) is 0.656. The van der Waals surface area contributed by atoms with Gasteiger partial charge in [-0.3, -0.25) is 0 Å². The minimum absolute atomic E-state index is 0.576. The first-order chi connectivity index (χ1) is 6.90. The summed E-state index contributed by atoms with van der Waals surface area (Å²) in [6.07, 6.45) is 2.87. The van der Waals surface area contributed by atoms with Gasteiger partial charge >= 0.3 is 0 Å². The molecular weight excluding hydrogens is 176 g/mol. The lowest BCUT2D eigenvalue weighted by Crippen LogP contribution is -2.40. The van der Waals surface area contributed by atoms with Crippen molar-refractivity contribution in [1.29, 1.82) is 0 Å². The fourth-order valence-corrected chi connectivity index (χ4v) is 2.08. The highest BCUT2D eigenvalue weighted by Crippen LogP contribution is 2.27. The molecule has 1 saturated carbocycles. The Morgan fingerprint density at radius 1 is 1.21 bits per heavy atom. The molecule has 1 heterocycles. The minimum atomic E-state index is 0.576. The Balaban J connectivity index is 1.61. The number of ether oxygens (including phenoxy) is 1. The Labute approximate surface area is 86.6 Å². The van der Waals surface area contributed by atoms with Gasteiger partial charge in [-0.15, -0.1) is 0 Å². The van der Waals surface area contributed by atoms with E-state index in [4.69, 9.17) is 4.74 Å². The van der Waals surface area contributed by atoms with Gasteiger partial charge in [0.05, 0.1) is 13.2 Å². The summed E-state index contributed by atoms with van der Waals surface area (Å²) in [5.41, 5.74) is 0. The summed E-state index contributed by atoms with van der Waals surface area (Å²) in [6, 6.07) is 0.576.